The second-order valence-electron chi connectivity index (χ2n) is 7.94. The lowest BCUT2D eigenvalue weighted by Gasteiger charge is -2.12. The number of hydrogen-bond acceptors (Lipinski definition) is 9. The van der Waals surface area contributed by atoms with Gasteiger partial charge in [0.2, 0.25) is 5.88 Å². The second-order valence-corrected chi connectivity index (χ2v) is 9.87. The fourth-order valence-corrected chi connectivity index (χ4v) is 5.66. The third-order valence-electron chi connectivity index (χ3n) is 5.62. The topological polar surface area (TPSA) is 102 Å². The third kappa shape index (κ3) is 4.12. The van der Waals surface area contributed by atoms with Gasteiger partial charge in [0, 0.05) is 46.0 Å². The molecule has 1 aromatic carbocycles. The van der Waals surface area contributed by atoms with Crippen molar-refractivity contribution in [3.8, 4) is 27.6 Å². The Labute approximate surface area is 213 Å². The minimum absolute atomic E-state index is 0.0480. The zero-order valence-corrected chi connectivity index (χ0v) is 20.4. The van der Waals surface area contributed by atoms with E-state index in [2.05, 4.69) is 30.0 Å². The number of anilines is 1. The fourth-order valence-electron chi connectivity index (χ4n) is 3.87. The summed E-state index contributed by atoms with van der Waals surface area (Å²) in [4.78, 5) is 32.2. The Morgan fingerprint density at radius 3 is 2.83 bits per heavy atom. The molecule has 1 amide bonds. The number of pyridine rings is 2. The summed E-state index contributed by atoms with van der Waals surface area (Å²) in [5.74, 6) is -0.713. The monoisotopic (exact) mass is 516 g/mol. The number of thiophene rings is 1. The maximum Gasteiger partial charge on any atom is 0.254 e. The molecule has 0 atom stereocenters. The summed E-state index contributed by atoms with van der Waals surface area (Å²) in [7, 11) is 1.54. The third-order valence-corrected chi connectivity index (χ3v) is 7.61. The summed E-state index contributed by atoms with van der Waals surface area (Å²) in [5.41, 5.74) is 4.57. The van der Waals surface area contributed by atoms with E-state index in [0.29, 0.717) is 16.5 Å². The van der Waals surface area contributed by atoms with Crippen LogP contribution < -0.4 is 14.8 Å². The second kappa shape index (κ2) is 9.17. The van der Waals surface area contributed by atoms with Crippen LogP contribution >= 0.6 is 23.3 Å². The Kier molecular flexibility index (Phi) is 5.70. The van der Waals surface area contributed by atoms with E-state index in [-0.39, 0.29) is 12.1 Å². The molecule has 8 nitrogen and oxygen atoms in total. The molecule has 0 fully saturated rings. The first-order valence-electron chi connectivity index (χ1n) is 10.8. The van der Waals surface area contributed by atoms with Crippen molar-refractivity contribution in [1.82, 2.24) is 25.3 Å². The molecular formula is C25H17FN6O2S2. The predicted molar refractivity (Wildman–Crippen MR) is 137 cm³/mol. The number of carbonyl (C=O) groups excluding carboxylic acids is 1. The summed E-state index contributed by atoms with van der Waals surface area (Å²) in [6, 6.07) is 10.2. The highest BCUT2D eigenvalue weighted by Crippen LogP contribution is 2.39. The van der Waals surface area contributed by atoms with Crippen molar-refractivity contribution >= 4 is 45.1 Å². The molecule has 5 aromatic rings. The number of hydrogen-bond donors (Lipinski definition) is 2. The Morgan fingerprint density at radius 1 is 1.03 bits per heavy atom. The summed E-state index contributed by atoms with van der Waals surface area (Å²) < 4.78 is 24.1. The lowest BCUT2D eigenvalue weighted by atomic mass is 10.1. The van der Waals surface area contributed by atoms with Crippen LogP contribution in [-0.4, -0.2) is 33.0 Å². The van der Waals surface area contributed by atoms with E-state index in [4.69, 9.17) is 4.74 Å². The minimum atomic E-state index is -0.602. The van der Waals surface area contributed by atoms with Crippen LogP contribution in [0.3, 0.4) is 0 Å². The Hall–Kier alpha value is -4.09. The molecule has 178 valence electrons. The highest BCUT2D eigenvalue weighted by atomic mass is 32.2. The van der Waals surface area contributed by atoms with Gasteiger partial charge in [0.15, 0.2) is 0 Å². The lowest BCUT2D eigenvalue weighted by molar-refractivity contribution is 0.0946. The molecule has 5 heterocycles. The molecule has 0 saturated carbocycles. The van der Waals surface area contributed by atoms with Gasteiger partial charge in [-0.2, -0.15) is 0 Å². The van der Waals surface area contributed by atoms with Crippen molar-refractivity contribution in [3.05, 3.63) is 78.3 Å². The van der Waals surface area contributed by atoms with Gasteiger partial charge in [-0.3, -0.25) is 9.78 Å². The molecule has 0 unspecified atom stereocenters. The molecule has 8 bridgehead atoms. The fraction of sp³-hybridized carbons (Fsp3) is 0.0800. The van der Waals surface area contributed by atoms with E-state index in [0.717, 1.165) is 37.5 Å². The van der Waals surface area contributed by atoms with Gasteiger partial charge in [-0.25, -0.2) is 19.3 Å². The van der Waals surface area contributed by atoms with E-state index in [1.807, 2.05) is 18.2 Å². The predicted octanol–water partition coefficient (Wildman–Crippen LogP) is 5.33. The largest absolute Gasteiger partial charge is 0.480 e. The Bertz CT molecular complexity index is 1640. The first-order chi connectivity index (χ1) is 17.6. The van der Waals surface area contributed by atoms with Crippen LogP contribution in [0.15, 0.2) is 66.2 Å². The van der Waals surface area contributed by atoms with Crippen molar-refractivity contribution in [3.63, 3.8) is 0 Å². The van der Waals surface area contributed by atoms with Gasteiger partial charge < -0.3 is 14.8 Å². The quantitative estimate of drug-likeness (QED) is 0.289. The number of nitrogens with zero attached hydrogens (tertiary/aromatic N) is 4. The SMILES string of the molecule is COc1ncc2cc1NSc1ccc(F)c(c1)C(=O)NCc1cncc(c1)-c1ncnc3cc-2sc13. The van der Waals surface area contributed by atoms with E-state index in [9.17, 15) is 9.18 Å². The van der Waals surface area contributed by atoms with Crippen molar-refractivity contribution in [1.29, 1.82) is 0 Å². The average molecular weight is 517 g/mol. The maximum absolute atomic E-state index is 14.5. The molecule has 11 heteroatoms. The first-order valence-corrected chi connectivity index (χ1v) is 12.5. The molecule has 0 aliphatic carbocycles. The van der Waals surface area contributed by atoms with Crippen LogP contribution in [0.25, 0.3) is 31.9 Å². The Morgan fingerprint density at radius 2 is 1.94 bits per heavy atom. The van der Waals surface area contributed by atoms with Crippen molar-refractivity contribution in [2.75, 3.05) is 11.8 Å². The van der Waals surface area contributed by atoms with Crippen LogP contribution in [-0.2, 0) is 6.54 Å². The number of fused-ring (bicyclic) bond motifs is 9. The molecule has 0 spiro atoms. The molecule has 1 aliphatic rings. The van der Waals surface area contributed by atoms with Crippen molar-refractivity contribution in [2.45, 2.75) is 11.4 Å². The number of benzene rings is 1. The summed E-state index contributed by atoms with van der Waals surface area (Å²) in [6.07, 6.45) is 6.66. The zero-order valence-electron chi connectivity index (χ0n) is 18.8. The lowest BCUT2D eigenvalue weighted by Crippen LogP contribution is -2.24. The van der Waals surface area contributed by atoms with E-state index >= 15 is 0 Å². The molecule has 0 saturated heterocycles. The average Bonchev–Trinajstić information content (AvgIpc) is 3.35. The molecule has 4 aromatic heterocycles. The Balaban J connectivity index is 1.53. The van der Waals surface area contributed by atoms with Crippen LogP contribution in [0.2, 0.25) is 0 Å². The smallest absolute Gasteiger partial charge is 0.254 e. The number of carbonyl (C=O) groups is 1. The van der Waals surface area contributed by atoms with Gasteiger partial charge >= 0.3 is 0 Å². The summed E-state index contributed by atoms with van der Waals surface area (Å²) >= 11 is 2.79. The minimum Gasteiger partial charge on any atom is -0.480 e. The normalized spacial score (nSPS) is 13.0. The van der Waals surface area contributed by atoms with Crippen LogP contribution in [0.4, 0.5) is 10.1 Å². The van der Waals surface area contributed by atoms with E-state index in [1.165, 1.54) is 30.4 Å². The standard InChI is InChI=1S/C25H17FN6O2S2/c1-34-25-20-5-14(11-29-25)21-7-19-23(35-21)22(31-12-30-19)15-4-13(8-27-10-15)9-28-24(33)17-6-16(36-32-20)2-3-18(17)26/h2-8,10-12,32H,9H2,1H3,(H,28,33). The van der Waals surface area contributed by atoms with Gasteiger partial charge in [0.05, 0.1) is 28.6 Å². The van der Waals surface area contributed by atoms with Gasteiger partial charge in [0.25, 0.3) is 5.91 Å². The van der Waals surface area contributed by atoms with Gasteiger partial charge in [0.1, 0.15) is 17.8 Å². The first kappa shape index (κ1) is 22.4. The van der Waals surface area contributed by atoms with E-state index < -0.39 is 11.7 Å². The number of aromatic nitrogens is 4. The molecule has 6 rings (SSSR count). The number of halogens is 1. The number of ether oxygens (including phenoxy) is 1. The highest BCUT2D eigenvalue weighted by molar-refractivity contribution is 8.00. The van der Waals surface area contributed by atoms with Gasteiger partial charge in [-0.15, -0.1) is 11.3 Å². The van der Waals surface area contributed by atoms with Crippen molar-refractivity contribution < 1.29 is 13.9 Å². The van der Waals surface area contributed by atoms with Crippen LogP contribution in [0.1, 0.15) is 15.9 Å². The molecule has 0 radical (unpaired) electrons. The molecule has 1 aliphatic heterocycles. The van der Waals surface area contributed by atoms with Gasteiger partial charge in [-0.05, 0) is 53.9 Å². The van der Waals surface area contributed by atoms with Gasteiger partial charge in [-0.1, -0.05) is 0 Å². The number of amides is 1. The van der Waals surface area contributed by atoms with Crippen molar-refractivity contribution in [2.24, 2.45) is 0 Å². The highest BCUT2D eigenvalue weighted by Gasteiger charge is 2.17. The number of rotatable bonds is 1. The summed E-state index contributed by atoms with van der Waals surface area (Å²) in [5, 5.41) is 2.78. The van der Waals surface area contributed by atoms with Crippen LogP contribution in [0, 0.1) is 5.82 Å². The maximum atomic E-state index is 14.5. The number of nitrogens with one attached hydrogen (secondary N) is 2. The van der Waals surface area contributed by atoms with Crippen LogP contribution in [0.5, 0.6) is 5.88 Å². The molecule has 36 heavy (non-hydrogen) atoms. The zero-order chi connectivity index (χ0) is 24.6. The summed E-state index contributed by atoms with van der Waals surface area (Å²) in [6.45, 7) is 0.187. The molecular weight excluding hydrogens is 499 g/mol. The molecule has 2 N–H and O–H groups in total. The number of methoxy groups -OCH3 is 1. The van der Waals surface area contributed by atoms with E-state index in [1.54, 1.807) is 43.1 Å².